The van der Waals surface area contributed by atoms with Crippen LogP contribution in [0.1, 0.15) is 23.5 Å². The van der Waals surface area contributed by atoms with Crippen molar-refractivity contribution in [3.05, 3.63) is 77.6 Å². The van der Waals surface area contributed by atoms with Crippen molar-refractivity contribution in [2.45, 2.75) is 76.4 Å². The lowest BCUT2D eigenvalue weighted by atomic mass is 9.87. The van der Waals surface area contributed by atoms with Gasteiger partial charge in [-0.3, -0.25) is 0 Å². The fourth-order valence-electron chi connectivity index (χ4n) is 5.08. The van der Waals surface area contributed by atoms with E-state index in [0.29, 0.717) is 26.3 Å². The van der Waals surface area contributed by atoms with E-state index in [4.69, 9.17) is 18.9 Å². The number of likely N-dealkylation sites (tertiary alicyclic amines) is 1. The third kappa shape index (κ3) is 10.7. The van der Waals surface area contributed by atoms with Crippen molar-refractivity contribution in [2.75, 3.05) is 33.1 Å². The third-order valence-corrected chi connectivity index (χ3v) is 11.2. The van der Waals surface area contributed by atoms with Crippen molar-refractivity contribution < 1.29 is 28.1 Å². The second-order valence-electron chi connectivity index (χ2n) is 14.0. The normalized spacial score (nSPS) is 17.7. The summed E-state index contributed by atoms with van der Waals surface area (Å²) < 4.78 is 37.4. The first-order chi connectivity index (χ1) is 20.4. The molecule has 0 aliphatic carbocycles. The summed E-state index contributed by atoms with van der Waals surface area (Å²) in [6.45, 7) is 16.6. The van der Waals surface area contributed by atoms with Crippen molar-refractivity contribution in [1.82, 2.24) is 4.90 Å². The fourth-order valence-corrected chi connectivity index (χ4v) is 6.55. The Morgan fingerprint density at radius 1 is 0.884 bits per heavy atom. The molecule has 1 aliphatic rings. The second-order valence-corrected chi connectivity index (χ2v) is 25.2. The molecule has 234 valence electrons. The summed E-state index contributed by atoms with van der Waals surface area (Å²) in [7, 11) is -2.43. The Balaban J connectivity index is 1.40. The first-order valence-electron chi connectivity index (χ1n) is 15.4. The van der Waals surface area contributed by atoms with Gasteiger partial charge in [0.05, 0.1) is 25.9 Å². The zero-order chi connectivity index (χ0) is 31.0. The van der Waals surface area contributed by atoms with Gasteiger partial charge < -0.3 is 23.8 Å². The number of carbonyl (C=O) groups excluding carboxylic acids is 1. The van der Waals surface area contributed by atoms with Crippen LogP contribution < -0.4 is 4.74 Å². The number of hydrogen-bond acceptors (Lipinski definition) is 5. The molecule has 0 bridgehead atoms. The van der Waals surface area contributed by atoms with Crippen LogP contribution in [0, 0.1) is 5.82 Å². The molecule has 3 aromatic rings. The monoisotopic (exact) mass is 625 g/mol. The van der Waals surface area contributed by atoms with E-state index in [1.165, 1.54) is 12.1 Å². The number of halogens is 1. The van der Waals surface area contributed by atoms with Gasteiger partial charge in [0.25, 0.3) is 0 Å². The van der Waals surface area contributed by atoms with E-state index in [0.717, 1.165) is 52.8 Å². The van der Waals surface area contributed by atoms with Crippen LogP contribution in [0.2, 0.25) is 51.4 Å². The van der Waals surface area contributed by atoms with E-state index in [1.807, 2.05) is 24.3 Å². The van der Waals surface area contributed by atoms with Gasteiger partial charge in [-0.1, -0.05) is 69.6 Å². The minimum Gasteiger partial charge on any atom is -0.468 e. The van der Waals surface area contributed by atoms with Crippen LogP contribution in [-0.2, 0) is 20.8 Å². The predicted molar refractivity (Wildman–Crippen MR) is 177 cm³/mol. The molecule has 4 rings (SSSR count). The lowest BCUT2D eigenvalue weighted by Gasteiger charge is -2.38. The summed E-state index contributed by atoms with van der Waals surface area (Å²) in [6.07, 6.45) is 0.187. The van der Waals surface area contributed by atoms with Crippen molar-refractivity contribution in [2.24, 2.45) is 0 Å². The van der Waals surface area contributed by atoms with Crippen molar-refractivity contribution >= 4 is 33.0 Å². The average Bonchev–Trinajstić information content (AvgIpc) is 2.94. The average molecular weight is 626 g/mol. The maximum Gasteiger partial charge on any atom is 0.409 e. The molecule has 6 nitrogen and oxygen atoms in total. The van der Waals surface area contributed by atoms with E-state index in [2.05, 4.69) is 63.5 Å². The van der Waals surface area contributed by atoms with Crippen LogP contribution in [0.15, 0.2) is 60.7 Å². The summed E-state index contributed by atoms with van der Waals surface area (Å²) >= 11 is 0. The Labute approximate surface area is 258 Å². The highest BCUT2D eigenvalue weighted by Crippen LogP contribution is 2.32. The molecule has 2 unspecified atom stereocenters. The summed E-state index contributed by atoms with van der Waals surface area (Å²) in [4.78, 5) is 14.7. The largest absolute Gasteiger partial charge is 0.468 e. The Morgan fingerprint density at radius 3 is 2.30 bits per heavy atom. The highest BCUT2D eigenvalue weighted by atomic mass is 28.3. The zero-order valence-electron chi connectivity index (χ0n) is 26.7. The molecule has 1 heterocycles. The summed E-state index contributed by atoms with van der Waals surface area (Å²) in [5.41, 5.74) is 2.05. The molecular formula is C34H48FNO5Si2. The Morgan fingerprint density at radius 2 is 1.58 bits per heavy atom. The number of benzene rings is 3. The highest BCUT2D eigenvalue weighted by molar-refractivity contribution is 6.76. The van der Waals surface area contributed by atoms with Gasteiger partial charge in [0.1, 0.15) is 11.6 Å². The Kier molecular flexibility index (Phi) is 11.4. The van der Waals surface area contributed by atoms with Gasteiger partial charge in [0.2, 0.25) is 0 Å². The van der Waals surface area contributed by atoms with E-state index < -0.39 is 16.1 Å². The van der Waals surface area contributed by atoms with Crippen LogP contribution in [0.25, 0.3) is 10.8 Å². The minimum absolute atomic E-state index is 0.0491. The number of nitrogens with zero attached hydrogens (tertiary/aromatic N) is 1. The third-order valence-electron chi connectivity index (χ3n) is 7.84. The molecule has 43 heavy (non-hydrogen) atoms. The molecule has 0 spiro atoms. The van der Waals surface area contributed by atoms with Gasteiger partial charge in [0.15, 0.2) is 6.79 Å². The first kappa shape index (κ1) is 33.2. The molecule has 9 heteroatoms. The molecule has 0 N–H and O–H groups in total. The number of fused-ring (bicyclic) bond motifs is 1. The Bertz CT molecular complexity index is 1340. The summed E-state index contributed by atoms with van der Waals surface area (Å²) in [6, 6.07) is 21.0. The number of rotatable bonds is 13. The SMILES string of the molecule is C[Si](C)(C)CCOCOc1ccc2ccc(COC3CN(C(=O)OCC[Si](C)(C)C)CCC3c3ccc(F)cc3)cc2c1. The van der Waals surface area contributed by atoms with E-state index in [-0.39, 0.29) is 30.7 Å². The van der Waals surface area contributed by atoms with Crippen LogP contribution in [0.5, 0.6) is 5.75 Å². The van der Waals surface area contributed by atoms with Crippen LogP contribution in [0.3, 0.4) is 0 Å². The lowest BCUT2D eigenvalue weighted by molar-refractivity contribution is -0.0233. The summed E-state index contributed by atoms with van der Waals surface area (Å²) in [5.74, 6) is 0.556. The summed E-state index contributed by atoms with van der Waals surface area (Å²) in [5, 5.41) is 2.18. The van der Waals surface area contributed by atoms with Gasteiger partial charge in [-0.15, -0.1) is 0 Å². The van der Waals surface area contributed by atoms with Crippen LogP contribution >= 0.6 is 0 Å². The van der Waals surface area contributed by atoms with E-state index >= 15 is 0 Å². The van der Waals surface area contributed by atoms with Crippen molar-refractivity contribution in [3.8, 4) is 5.75 Å². The number of piperidine rings is 1. The van der Waals surface area contributed by atoms with Crippen LogP contribution in [-0.4, -0.2) is 66.3 Å². The topological polar surface area (TPSA) is 57.2 Å². The zero-order valence-corrected chi connectivity index (χ0v) is 28.7. The molecular weight excluding hydrogens is 578 g/mol. The fraction of sp³-hybridized carbons (Fsp3) is 0.500. The Hall–Kier alpha value is -2.73. The smallest absolute Gasteiger partial charge is 0.409 e. The molecule has 0 saturated carbocycles. The van der Waals surface area contributed by atoms with Gasteiger partial charge in [-0.2, -0.15) is 0 Å². The molecule has 3 aromatic carbocycles. The molecule has 0 radical (unpaired) electrons. The molecule has 2 atom stereocenters. The maximum absolute atomic E-state index is 13.7. The first-order valence-corrected chi connectivity index (χ1v) is 22.8. The lowest BCUT2D eigenvalue weighted by Crippen LogP contribution is -2.47. The van der Waals surface area contributed by atoms with Crippen molar-refractivity contribution in [3.63, 3.8) is 0 Å². The number of hydrogen-bond donors (Lipinski definition) is 0. The maximum atomic E-state index is 13.7. The van der Waals surface area contributed by atoms with Crippen LogP contribution in [0.4, 0.5) is 9.18 Å². The molecule has 1 aliphatic heterocycles. The number of amides is 1. The van der Waals surface area contributed by atoms with Gasteiger partial charge in [0, 0.05) is 35.2 Å². The van der Waals surface area contributed by atoms with Gasteiger partial charge in [-0.25, -0.2) is 9.18 Å². The molecule has 0 aromatic heterocycles. The molecule has 1 fully saturated rings. The predicted octanol–water partition coefficient (Wildman–Crippen LogP) is 8.52. The highest BCUT2D eigenvalue weighted by Gasteiger charge is 2.34. The van der Waals surface area contributed by atoms with Gasteiger partial charge in [-0.05, 0) is 70.7 Å². The van der Waals surface area contributed by atoms with E-state index in [9.17, 15) is 9.18 Å². The molecule has 1 saturated heterocycles. The van der Waals surface area contributed by atoms with Gasteiger partial charge >= 0.3 is 6.09 Å². The number of ether oxygens (including phenoxy) is 4. The quantitative estimate of drug-likeness (QED) is 0.108. The van der Waals surface area contributed by atoms with E-state index in [1.54, 1.807) is 4.90 Å². The number of carbonyl (C=O) groups is 1. The van der Waals surface area contributed by atoms with Crippen molar-refractivity contribution in [1.29, 1.82) is 0 Å². The minimum atomic E-state index is -1.30. The second kappa shape index (κ2) is 14.8. The standard InChI is InChI=1S/C34H48FNO5Si2/c1-42(2,3)19-17-38-25-41-31-14-11-27-8-7-26(21-29(27)22-31)24-40-33-23-36(34(37)39-18-20-43(4,5)6)16-15-32(33)28-9-12-30(35)13-10-28/h7-14,21-22,32-33H,15-20,23-25H2,1-6H3. The molecule has 1 amide bonds.